The smallest absolute Gasteiger partial charge is 0.290 e. The van der Waals surface area contributed by atoms with E-state index in [1.54, 1.807) is 6.20 Å². The molecule has 3 fully saturated rings. The van der Waals surface area contributed by atoms with E-state index in [0.717, 1.165) is 24.8 Å². The number of fused-ring (bicyclic) bond motifs is 1. The standard InChI is InChI=1S/C23H27N3O3/c1-3-15-12-24-29-20(15)21(27)25-17-9-14(2)26(13-17)22(28)23-10-18(19(23)11-23)16-7-5-4-6-8-16/h4-8,12,14,17-19H,3,9-11,13H2,1-2H3,(H,25,27)/t14?,17?,18-,19+,23-/m1/s1. The number of carbonyl (C=O) groups is 2. The van der Waals surface area contributed by atoms with Gasteiger partial charge in [0.15, 0.2) is 0 Å². The maximum absolute atomic E-state index is 13.3. The van der Waals surface area contributed by atoms with Crippen LogP contribution in [-0.2, 0) is 11.2 Å². The van der Waals surface area contributed by atoms with Crippen LogP contribution in [0.3, 0.4) is 0 Å². The highest BCUT2D eigenvalue weighted by Crippen LogP contribution is 2.74. The monoisotopic (exact) mass is 393 g/mol. The topological polar surface area (TPSA) is 75.4 Å². The van der Waals surface area contributed by atoms with Crippen LogP contribution < -0.4 is 5.32 Å². The maximum Gasteiger partial charge on any atom is 0.290 e. The summed E-state index contributed by atoms with van der Waals surface area (Å²) in [6.07, 6.45) is 5.02. The van der Waals surface area contributed by atoms with E-state index in [0.29, 0.717) is 24.8 Å². The quantitative estimate of drug-likeness (QED) is 0.847. The molecular weight excluding hydrogens is 366 g/mol. The van der Waals surface area contributed by atoms with Crippen molar-refractivity contribution in [3.63, 3.8) is 0 Å². The van der Waals surface area contributed by atoms with Crippen molar-refractivity contribution in [2.45, 2.75) is 57.5 Å². The second kappa shape index (κ2) is 6.71. The molecule has 1 saturated heterocycles. The number of aromatic nitrogens is 1. The average Bonchev–Trinajstić information content (AvgIpc) is 3.07. The lowest BCUT2D eigenvalue weighted by atomic mass is 9.70. The van der Waals surface area contributed by atoms with Gasteiger partial charge in [-0.1, -0.05) is 42.4 Å². The van der Waals surface area contributed by atoms with Crippen LogP contribution in [0.4, 0.5) is 0 Å². The minimum atomic E-state index is -0.235. The molecule has 2 heterocycles. The molecule has 0 radical (unpaired) electrons. The number of aryl methyl sites for hydroxylation is 1. The number of amides is 2. The Kier molecular flexibility index (Phi) is 4.26. The molecule has 0 bridgehead atoms. The summed E-state index contributed by atoms with van der Waals surface area (Å²) >= 11 is 0. The van der Waals surface area contributed by atoms with Gasteiger partial charge < -0.3 is 14.7 Å². The molecule has 2 aromatic rings. The number of carbonyl (C=O) groups excluding carboxylic acids is 2. The zero-order valence-corrected chi connectivity index (χ0v) is 16.9. The van der Waals surface area contributed by atoms with Gasteiger partial charge in [0.2, 0.25) is 11.7 Å². The van der Waals surface area contributed by atoms with Gasteiger partial charge in [0.1, 0.15) is 0 Å². The van der Waals surface area contributed by atoms with E-state index in [2.05, 4.69) is 41.7 Å². The van der Waals surface area contributed by atoms with Gasteiger partial charge >= 0.3 is 0 Å². The van der Waals surface area contributed by atoms with Crippen LogP contribution in [-0.4, -0.2) is 40.5 Å². The summed E-state index contributed by atoms with van der Waals surface area (Å²) in [6.45, 7) is 4.62. The van der Waals surface area contributed by atoms with Crippen molar-refractivity contribution in [1.29, 1.82) is 0 Å². The van der Waals surface area contributed by atoms with E-state index in [1.807, 2.05) is 17.9 Å². The fourth-order valence-electron chi connectivity index (χ4n) is 5.51. The number of hydrogen-bond donors (Lipinski definition) is 1. The predicted molar refractivity (Wildman–Crippen MR) is 107 cm³/mol. The molecule has 2 unspecified atom stereocenters. The molecule has 3 aliphatic rings. The molecule has 152 valence electrons. The Morgan fingerprint density at radius 1 is 1.28 bits per heavy atom. The number of rotatable bonds is 5. The number of hydrogen-bond acceptors (Lipinski definition) is 4. The van der Waals surface area contributed by atoms with Crippen molar-refractivity contribution in [2.24, 2.45) is 11.3 Å². The van der Waals surface area contributed by atoms with Crippen LogP contribution in [0.5, 0.6) is 0 Å². The maximum atomic E-state index is 13.3. The Bertz CT molecular complexity index is 940. The first-order chi connectivity index (χ1) is 14.0. The second-order valence-corrected chi connectivity index (χ2v) is 8.93. The van der Waals surface area contributed by atoms with E-state index in [1.165, 1.54) is 5.56 Å². The molecular formula is C23H27N3O3. The third-order valence-corrected chi connectivity index (χ3v) is 7.26. The van der Waals surface area contributed by atoms with E-state index in [9.17, 15) is 9.59 Å². The minimum absolute atomic E-state index is 0.0464. The summed E-state index contributed by atoms with van der Waals surface area (Å²) in [5.74, 6) is 1.34. The van der Waals surface area contributed by atoms with Gasteiger partial charge in [0, 0.05) is 24.2 Å². The SMILES string of the molecule is CCc1cnoc1C(=O)NC1CC(C)N(C(=O)[C@@]23C[C@H](c4ccccc4)[C@@H]2C3)C1. The Balaban J connectivity index is 1.21. The van der Waals surface area contributed by atoms with Crippen LogP contribution in [0.2, 0.25) is 0 Å². The zero-order chi connectivity index (χ0) is 20.2. The highest BCUT2D eigenvalue weighted by atomic mass is 16.5. The lowest BCUT2D eigenvalue weighted by Gasteiger charge is -2.37. The molecule has 1 N–H and O–H groups in total. The van der Waals surface area contributed by atoms with E-state index >= 15 is 0 Å². The molecule has 29 heavy (non-hydrogen) atoms. The van der Waals surface area contributed by atoms with Gasteiger partial charge in [0.25, 0.3) is 5.91 Å². The van der Waals surface area contributed by atoms with Gasteiger partial charge in [-0.2, -0.15) is 0 Å². The van der Waals surface area contributed by atoms with Gasteiger partial charge in [-0.25, -0.2) is 0 Å². The minimum Gasteiger partial charge on any atom is -0.351 e. The van der Waals surface area contributed by atoms with Gasteiger partial charge in [0.05, 0.1) is 11.6 Å². The van der Waals surface area contributed by atoms with Crippen LogP contribution in [0.1, 0.15) is 60.7 Å². The summed E-state index contributed by atoms with van der Waals surface area (Å²) < 4.78 is 5.13. The third kappa shape index (κ3) is 2.88. The molecule has 6 nitrogen and oxygen atoms in total. The molecule has 2 amide bonds. The highest BCUT2D eigenvalue weighted by Gasteiger charge is 2.72. The van der Waals surface area contributed by atoms with Crippen molar-refractivity contribution in [2.75, 3.05) is 6.54 Å². The largest absolute Gasteiger partial charge is 0.351 e. The summed E-state index contributed by atoms with van der Waals surface area (Å²) in [4.78, 5) is 27.9. The first kappa shape index (κ1) is 18.4. The lowest BCUT2D eigenvalue weighted by Crippen LogP contribution is -2.46. The Hall–Kier alpha value is -2.63. The molecule has 5 rings (SSSR count). The fraction of sp³-hybridized carbons (Fsp3) is 0.522. The molecule has 1 aliphatic heterocycles. The number of nitrogens with zero attached hydrogens (tertiary/aromatic N) is 2. The Labute approximate surface area is 170 Å². The van der Waals surface area contributed by atoms with Gasteiger partial charge in [-0.3, -0.25) is 9.59 Å². The van der Waals surface area contributed by atoms with Crippen molar-refractivity contribution >= 4 is 11.8 Å². The first-order valence-corrected chi connectivity index (χ1v) is 10.6. The fourth-order valence-corrected chi connectivity index (χ4v) is 5.51. The Morgan fingerprint density at radius 2 is 2.07 bits per heavy atom. The van der Waals surface area contributed by atoms with E-state index < -0.39 is 0 Å². The number of benzene rings is 1. The third-order valence-electron chi connectivity index (χ3n) is 7.26. The number of nitrogens with one attached hydrogen (secondary N) is 1. The molecule has 6 heteroatoms. The second-order valence-electron chi connectivity index (χ2n) is 8.93. The molecule has 2 aliphatic carbocycles. The van der Waals surface area contributed by atoms with Crippen molar-refractivity contribution in [1.82, 2.24) is 15.4 Å². The number of likely N-dealkylation sites (tertiary alicyclic amines) is 1. The molecule has 2 saturated carbocycles. The van der Waals surface area contributed by atoms with Crippen molar-refractivity contribution in [3.8, 4) is 0 Å². The van der Waals surface area contributed by atoms with Crippen LogP contribution in [0.25, 0.3) is 0 Å². The summed E-state index contributed by atoms with van der Waals surface area (Å²) in [6, 6.07) is 10.6. The first-order valence-electron chi connectivity index (χ1n) is 10.6. The van der Waals surface area contributed by atoms with Gasteiger partial charge in [-0.15, -0.1) is 0 Å². The molecule has 0 spiro atoms. The molecule has 1 aromatic heterocycles. The van der Waals surface area contributed by atoms with E-state index in [-0.39, 0.29) is 35.1 Å². The van der Waals surface area contributed by atoms with Crippen molar-refractivity contribution in [3.05, 3.63) is 53.4 Å². The van der Waals surface area contributed by atoms with Crippen LogP contribution >= 0.6 is 0 Å². The Morgan fingerprint density at radius 3 is 2.79 bits per heavy atom. The van der Waals surface area contributed by atoms with Crippen molar-refractivity contribution < 1.29 is 14.1 Å². The molecule has 5 atom stereocenters. The highest BCUT2D eigenvalue weighted by molar-refractivity contribution is 5.93. The summed E-state index contributed by atoms with van der Waals surface area (Å²) in [7, 11) is 0. The van der Waals surface area contributed by atoms with Crippen LogP contribution in [0.15, 0.2) is 41.1 Å². The predicted octanol–water partition coefficient (Wildman–Crippen LogP) is 3.15. The van der Waals surface area contributed by atoms with Crippen LogP contribution in [0, 0.1) is 11.3 Å². The zero-order valence-electron chi connectivity index (χ0n) is 16.9. The molecule has 1 aromatic carbocycles. The normalized spacial score (nSPS) is 32.4. The lowest BCUT2D eigenvalue weighted by molar-refractivity contribution is -0.141. The summed E-state index contributed by atoms with van der Waals surface area (Å²) in [5, 5.41) is 6.78. The summed E-state index contributed by atoms with van der Waals surface area (Å²) in [5.41, 5.74) is 2.02. The van der Waals surface area contributed by atoms with Gasteiger partial charge in [-0.05, 0) is 50.0 Å². The van der Waals surface area contributed by atoms with E-state index in [4.69, 9.17) is 4.52 Å². The average molecular weight is 393 g/mol.